The van der Waals surface area contributed by atoms with Crippen molar-refractivity contribution in [3.05, 3.63) is 40.3 Å². The number of amides is 3. The summed E-state index contributed by atoms with van der Waals surface area (Å²) in [6, 6.07) is 4.50. The van der Waals surface area contributed by atoms with E-state index in [9.17, 15) is 14.4 Å². The number of carbonyl (C=O) groups excluding carboxylic acids is 3. The van der Waals surface area contributed by atoms with E-state index in [1.54, 1.807) is 10.7 Å². The van der Waals surface area contributed by atoms with Crippen LogP contribution >= 0.6 is 11.6 Å². The van der Waals surface area contributed by atoms with E-state index in [1.165, 1.54) is 13.0 Å². The molecule has 9 nitrogen and oxygen atoms in total. The van der Waals surface area contributed by atoms with Crippen molar-refractivity contribution in [2.75, 3.05) is 13.1 Å². The van der Waals surface area contributed by atoms with Crippen LogP contribution in [0.15, 0.2) is 18.2 Å². The highest BCUT2D eigenvalue weighted by molar-refractivity contribution is 6.33. The first-order chi connectivity index (χ1) is 12.8. The van der Waals surface area contributed by atoms with Crippen LogP contribution in [0.4, 0.5) is 4.79 Å². The number of halogens is 1. The lowest BCUT2D eigenvalue weighted by Crippen LogP contribution is -2.41. The molecule has 1 atom stereocenters. The summed E-state index contributed by atoms with van der Waals surface area (Å²) >= 11 is 6.08. The first-order valence-electron chi connectivity index (χ1n) is 8.28. The number of aromatic nitrogens is 3. The fraction of sp³-hybridized carbons (Fsp3) is 0.353. The Morgan fingerprint density at radius 3 is 2.67 bits per heavy atom. The van der Waals surface area contributed by atoms with Crippen LogP contribution in [0.25, 0.3) is 5.82 Å². The molecule has 0 bridgehead atoms. The van der Waals surface area contributed by atoms with Crippen molar-refractivity contribution in [2.24, 2.45) is 0 Å². The van der Waals surface area contributed by atoms with Gasteiger partial charge in [-0.15, -0.1) is 0 Å². The Morgan fingerprint density at radius 2 is 2.07 bits per heavy atom. The number of nitrogens with zero attached hydrogens (tertiary/aromatic N) is 4. The summed E-state index contributed by atoms with van der Waals surface area (Å²) in [6.07, 6.45) is -1.16. The quantitative estimate of drug-likeness (QED) is 0.794. The van der Waals surface area contributed by atoms with Crippen LogP contribution in [0.3, 0.4) is 0 Å². The van der Waals surface area contributed by atoms with Crippen molar-refractivity contribution in [1.82, 2.24) is 25.0 Å². The van der Waals surface area contributed by atoms with Gasteiger partial charge in [-0.1, -0.05) is 11.6 Å². The Morgan fingerprint density at radius 1 is 1.33 bits per heavy atom. The number of esters is 1. The van der Waals surface area contributed by atoms with Gasteiger partial charge in [0.25, 0.3) is 5.91 Å². The van der Waals surface area contributed by atoms with E-state index in [2.05, 4.69) is 15.4 Å². The molecule has 0 radical (unpaired) electrons. The number of rotatable bonds is 4. The Bertz CT molecular complexity index is 926. The molecule has 0 spiro atoms. The van der Waals surface area contributed by atoms with E-state index in [0.29, 0.717) is 12.4 Å². The Balaban J connectivity index is 1.80. The lowest BCUT2D eigenvalue weighted by atomic mass is 10.3. The average molecular weight is 392 g/mol. The number of hydrogen-bond donors (Lipinski definition) is 1. The van der Waals surface area contributed by atoms with Crippen LogP contribution in [-0.4, -0.2) is 56.8 Å². The minimum atomic E-state index is -1.16. The molecule has 1 aliphatic heterocycles. The van der Waals surface area contributed by atoms with Crippen LogP contribution in [0, 0.1) is 13.8 Å². The van der Waals surface area contributed by atoms with Gasteiger partial charge in [0.15, 0.2) is 17.6 Å². The Hall–Kier alpha value is -2.94. The second-order valence-electron chi connectivity index (χ2n) is 6.11. The van der Waals surface area contributed by atoms with Crippen LogP contribution in [0.5, 0.6) is 0 Å². The van der Waals surface area contributed by atoms with Crippen molar-refractivity contribution in [3.63, 3.8) is 0 Å². The summed E-state index contributed by atoms with van der Waals surface area (Å²) in [5.74, 6) is -1.07. The van der Waals surface area contributed by atoms with Gasteiger partial charge in [0.05, 0.1) is 10.7 Å². The molecule has 142 valence electrons. The molecule has 27 heavy (non-hydrogen) atoms. The van der Waals surface area contributed by atoms with Gasteiger partial charge in [-0.3, -0.25) is 9.69 Å². The van der Waals surface area contributed by atoms with Gasteiger partial charge in [0, 0.05) is 18.8 Å². The largest absolute Gasteiger partial charge is 0.448 e. The Labute approximate surface area is 160 Å². The molecular formula is C17H18ClN5O4. The zero-order valence-electron chi connectivity index (χ0n) is 15.0. The molecule has 1 N–H and O–H groups in total. The van der Waals surface area contributed by atoms with Gasteiger partial charge in [-0.2, -0.15) is 5.10 Å². The number of ether oxygens (including phenoxy) is 1. The molecule has 2 aromatic rings. The number of urea groups is 1. The highest BCUT2D eigenvalue weighted by atomic mass is 35.5. The van der Waals surface area contributed by atoms with Crippen LogP contribution in [-0.2, 0) is 9.53 Å². The monoisotopic (exact) mass is 391 g/mol. The molecule has 1 fully saturated rings. The molecule has 0 saturated carbocycles. The fourth-order valence-corrected chi connectivity index (χ4v) is 2.90. The third kappa shape index (κ3) is 3.77. The van der Waals surface area contributed by atoms with Gasteiger partial charge in [-0.05, 0) is 39.0 Å². The van der Waals surface area contributed by atoms with Gasteiger partial charge in [0.1, 0.15) is 0 Å². The molecule has 1 aliphatic rings. The predicted octanol–water partition coefficient (Wildman–Crippen LogP) is 1.63. The van der Waals surface area contributed by atoms with Crippen molar-refractivity contribution in [1.29, 1.82) is 0 Å². The summed E-state index contributed by atoms with van der Waals surface area (Å²) in [5, 5.41) is 6.92. The number of hydrogen-bond acceptors (Lipinski definition) is 6. The molecule has 2 aromatic heterocycles. The van der Waals surface area contributed by atoms with Crippen molar-refractivity contribution >= 4 is 29.5 Å². The molecule has 10 heteroatoms. The van der Waals surface area contributed by atoms with Gasteiger partial charge < -0.3 is 10.1 Å². The summed E-state index contributed by atoms with van der Waals surface area (Å²) in [5.41, 5.74) is 1.51. The summed E-state index contributed by atoms with van der Waals surface area (Å²) in [7, 11) is 0. The van der Waals surface area contributed by atoms with Gasteiger partial charge >= 0.3 is 12.0 Å². The lowest BCUT2D eigenvalue weighted by molar-refractivity contribution is -0.136. The highest BCUT2D eigenvalue weighted by Crippen LogP contribution is 2.19. The molecular weight excluding hydrogens is 374 g/mol. The fourth-order valence-electron chi connectivity index (χ4n) is 2.72. The first-order valence-corrected chi connectivity index (χ1v) is 8.66. The van der Waals surface area contributed by atoms with Crippen molar-refractivity contribution < 1.29 is 19.1 Å². The molecule has 0 aromatic carbocycles. The van der Waals surface area contributed by atoms with Gasteiger partial charge in [-0.25, -0.2) is 19.3 Å². The predicted molar refractivity (Wildman–Crippen MR) is 95.8 cm³/mol. The number of pyridine rings is 1. The summed E-state index contributed by atoms with van der Waals surface area (Å²) in [6.45, 7) is 5.69. The normalized spacial score (nSPS) is 14.8. The molecule has 1 saturated heterocycles. The van der Waals surface area contributed by atoms with E-state index in [4.69, 9.17) is 16.3 Å². The van der Waals surface area contributed by atoms with E-state index in [0.717, 1.165) is 16.3 Å². The number of carbonyl (C=O) groups is 3. The highest BCUT2D eigenvalue weighted by Gasteiger charge is 2.32. The van der Waals surface area contributed by atoms with E-state index >= 15 is 0 Å². The van der Waals surface area contributed by atoms with Crippen LogP contribution in [0.1, 0.15) is 28.8 Å². The van der Waals surface area contributed by atoms with Crippen molar-refractivity contribution in [2.45, 2.75) is 26.9 Å². The van der Waals surface area contributed by atoms with E-state index in [1.807, 2.05) is 19.9 Å². The van der Waals surface area contributed by atoms with Crippen molar-refractivity contribution in [3.8, 4) is 5.82 Å². The topological polar surface area (TPSA) is 106 Å². The second kappa shape index (κ2) is 7.36. The number of nitrogens with one attached hydrogen (secondary N) is 1. The zero-order chi connectivity index (χ0) is 19.7. The maximum absolute atomic E-state index is 12.5. The molecule has 3 rings (SSSR count). The standard InChI is InChI=1S/C17H18ClN5O4/c1-9-8-10(2)23(21-9)13-5-4-12(18)14(20-13)16(25)27-11(3)15(24)22-7-6-19-17(22)26/h4-5,8,11H,6-7H2,1-3H3,(H,19,26). The van der Waals surface area contributed by atoms with E-state index in [-0.39, 0.29) is 17.3 Å². The second-order valence-corrected chi connectivity index (χ2v) is 6.52. The third-order valence-electron chi connectivity index (χ3n) is 4.01. The van der Waals surface area contributed by atoms with Gasteiger partial charge in [0.2, 0.25) is 0 Å². The molecule has 0 aliphatic carbocycles. The maximum atomic E-state index is 12.5. The Kier molecular flexibility index (Phi) is 5.13. The minimum absolute atomic E-state index is 0.0869. The number of aryl methyl sites for hydroxylation is 2. The smallest absolute Gasteiger partial charge is 0.359 e. The van der Waals surface area contributed by atoms with Crippen LogP contribution in [0.2, 0.25) is 5.02 Å². The summed E-state index contributed by atoms with van der Waals surface area (Å²) < 4.78 is 6.75. The van der Waals surface area contributed by atoms with E-state index < -0.39 is 24.0 Å². The van der Waals surface area contributed by atoms with Crippen LogP contribution < -0.4 is 5.32 Å². The summed E-state index contributed by atoms with van der Waals surface area (Å²) in [4.78, 5) is 41.6. The maximum Gasteiger partial charge on any atom is 0.359 e. The SMILES string of the molecule is Cc1cc(C)n(-c2ccc(Cl)c(C(=O)OC(C)C(=O)N3CCNC3=O)n2)n1. The zero-order valence-corrected chi connectivity index (χ0v) is 15.8. The average Bonchev–Trinajstić information content (AvgIpc) is 3.19. The third-order valence-corrected chi connectivity index (χ3v) is 4.31. The molecule has 3 amide bonds. The first kappa shape index (κ1) is 18.8. The molecule has 3 heterocycles. The molecule has 1 unspecified atom stereocenters. The lowest BCUT2D eigenvalue weighted by Gasteiger charge is -2.18. The minimum Gasteiger partial charge on any atom is -0.448 e. The number of imide groups is 1.